The maximum Gasteiger partial charge on any atom is 0.0426 e. The Balaban J connectivity index is 1.62. The summed E-state index contributed by atoms with van der Waals surface area (Å²) in [5.41, 5.74) is 5.33. The van der Waals surface area contributed by atoms with Crippen LogP contribution in [-0.2, 0) is 13.1 Å². The zero-order valence-electron chi connectivity index (χ0n) is 13.0. The molecule has 2 nitrogen and oxygen atoms in total. The molecule has 110 valence electrons. The molecular weight excluding hydrogens is 256 g/mol. The van der Waals surface area contributed by atoms with Crippen molar-refractivity contribution in [3.8, 4) is 0 Å². The first-order chi connectivity index (χ1) is 10.2. The molecule has 1 aliphatic carbocycles. The second kappa shape index (κ2) is 6.31. The normalized spacial score (nSPS) is 14.2. The summed E-state index contributed by atoms with van der Waals surface area (Å²) >= 11 is 0. The lowest BCUT2D eigenvalue weighted by molar-refractivity contribution is 0.687. The van der Waals surface area contributed by atoms with E-state index in [0.29, 0.717) is 0 Å². The van der Waals surface area contributed by atoms with Gasteiger partial charge in [-0.1, -0.05) is 42.0 Å². The fourth-order valence-corrected chi connectivity index (χ4v) is 2.55. The van der Waals surface area contributed by atoms with Crippen molar-refractivity contribution < 1.29 is 0 Å². The molecule has 0 saturated heterocycles. The van der Waals surface area contributed by atoms with E-state index in [1.165, 1.54) is 35.2 Å². The minimum absolute atomic E-state index is 0.767. The molecule has 3 rings (SSSR count). The third kappa shape index (κ3) is 4.08. The van der Waals surface area contributed by atoms with Crippen molar-refractivity contribution in [1.82, 2.24) is 5.32 Å². The highest BCUT2D eigenvalue weighted by atomic mass is 15.1. The first kappa shape index (κ1) is 14.2. The first-order valence-electron chi connectivity index (χ1n) is 7.80. The van der Waals surface area contributed by atoms with E-state index in [1.54, 1.807) is 0 Å². The van der Waals surface area contributed by atoms with Crippen LogP contribution >= 0.6 is 0 Å². The van der Waals surface area contributed by atoms with Crippen molar-refractivity contribution in [2.75, 3.05) is 11.9 Å². The van der Waals surface area contributed by atoms with Crippen LogP contribution in [0.3, 0.4) is 0 Å². The van der Waals surface area contributed by atoms with E-state index in [4.69, 9.17) is 0 Å². The third-order valence-electron chi connectivity index (χ3n) is 4.06. The van der Waals surface area contributed by atoms with Gasteiger partial charge in [0.05, 0.1) is 0 Å². The highest BCUT2D eigenvalue weighted by Crippen LogP contribution is 2.20. The van der Waals surface area contributed by atoms with Gasteiger partial charge in [-0.25, -0.2) is 0 Å². The van der Waals surface area contributed by atoms with Crippen LogP contribution in [0.5, 0.6) is 0 Å². The zero-order chi connectivity index (χ0) is 14.7. The summed E-state index contributed by atoms with van der Waals surface area (Å²) in [4.78, 5) is 2.30. The molecule has 0 bridgehead atoms. The lowest BCUT2D eigenvalue weighted by atomic mass is 10.1. The molecule has 0 amide bonds. The molecule has 0 unspecified atom stereocenters. The van der Waals surface area contributed by atoms with E-state index in [2.05, 4.69) is 72.7 Å². The summed E-state index contributed by atoms with van der Waals surface area (Å²) < 4.78 is 0. The number of nitrogens with one attached hydrogen (secondary N) is 1. The number of hydrogen-bond acceptors (Lipinski definition) is 2. The van der Waals surface area contributed by atoms with E-state index >= 15 is 0 Å². The van der Waals surface area contributed by atoms with Crippen LogP contribution in [-0.4, -0.2) is 13.1 Å². The molecular formula is C19H24N2. The second-order valence-electron chi connectivity index (χ2n) is 6.17. The van der Waals surface area contributed by atoms with Crippen LogP contribution in [0.1, 0.15) is 29.5 Å². The Morgan fingerprint density at radius 3 is 2.48 bits per heavy atom. The fourth-order valence-electron chi connectivity index (χ4n) is 2.55. The van der Waals surface area contributed by atoms with E-state index in [1.807, 2.05) is 0 Å². The smallest absolute Gasteiger partial charge is 0.0426 e. The molecule has 1 N–H and O–H groups in total. The van der Waals surface area contributed by atoms with Gasteiger partial charge in [0.1, 0.15) is 0 Å². The van der Waals surface area contributed by atoms with Crippen molar-refractivity contribution in [3.63, 3.8) is 0 Å². The van der Waals surface area contributed by atoms with Crippen LogP contribution < -0.4 is 10.2 Å². The molecule has 0 heterocycles. The average Bonchev–Trinajstić information content (AvgIpc) is 3.30. The lowest BCUT2D eigenvalue weighted by Gasteiger charge is -2.20. The second-order valence-corrected chi connectivity index (χ2v) is 6.17. The molecule has 0 aromatic heterocycles. The fraction of sp³-hybridized carbons (Fsp3) is 0.368. The summed E-state index contributed by atoms with van der Waals surface area (Å²) in [5, 5.41) is 3.58. The van der Waals surface area contributed by atoms with Crippen LogP contribution in [0.4, 0.5) is 5.69 Å². The van der Waals surface area contributed by atoms with Gasteiger partial charge in [0.2, 0.25) is 0 Å². The van der Waals surface area contributed by atoms with Crippen LogP contribution in [0.25, 0.3) is 0 Å². The average molecular weight is 280 g/mol. The standard InChI is InChI=1S/C19H24N2/c1-15-6-10-19(11-7-15)21(2)14-17-5-3-4-16(12-17)13-20-18-8-9-18/h3-7,10-12,18,20H,8-9,13-14H2,1-2H3. The van der Waals surface area contributed by atoms with Crippen molar-refractivity contribution in [3.05, 3.63) is 65.2 Å². The van der Waals surface area contributed by atoms with Gasteiger partial charge < -0.3 is 10.2 Å². The van der Waals surface area contributed by atoms with E-state index < -0.39 is 0 Å². The first-order valence-corrected chi connectivity index (χ1v) is 7.80. The SMILES string of the molecule is Cc1ccc(N(C)Cc2cccc(CNC3CC3)c2)cc1. The van der Waals surface area contributed by atoms with Gasteiger partial charge in [-0.3, -0.25) is 0 Å². The van der Waals surface area contributed by atoms with Gasteiger partial charge in [-0.2, -0.15) is 0 Å². The highest BCUT2D eigenvalue weighted by molar-refractivity contribution is 5.47. The van der Waals surface area contributed by atoms with Gasteiger partial charge in [0.15, 0.2) is 0 Å². The van der Waals surface area contributed by atoms with Crippen molar-refractivity contribution in [1.29, 1.82) is 0 Å². The molecule has 0 atom stereocenters. The molecule has 0 radical (unpaired) electrons. The largest absolute Gasteiger partial charge is 0.370 e. The van der Waals surface area contributed by atoms with Gasteiger partial charge >= 0.3 is 0 Å². The Hall–Kier alpha value is -1.80. The molecule has 2 heteroatoms. The third-order valence-corrected chi connectivity index (χ3v) is 4.06. The Labute approximate surface area is 127 Å². The highest BCUT2D eigenvalue weighted by Gasteiger charge is 2.19. The topological polar surface area (TPSA) is 15.3 Å². The molecule has 1 aliphatic rings. The Kier molecular flexibility index (Phi) is 4.26. The van der Waals surface area contributed by atoms with Crippen LogP contribution in [0.15, 0.2) is 48.5 Å². The summed E-state index contributed by atoms with van der Waals surface area (Å²) in [6.07, 6.45) is 2.69. The quantitative estimate of drug-likeness (QED) is 0.863. The lowest BCUT2D eigenvalue weighted by Crippen LogP contribution is -2.17. The molecule has 0 aliphatic heterocycles. The van der Waals surface area contributed by atoms with Crippen LogP contribution in [0, 0.1) is 6.92 Å². The van der Waals surface area contributed by atoms with Crippen LogP contribution in [0.2, 0.25) is 0 Å². The number of nitrogens with zero attached hydrogens (tertiary/aromatic N) is 1. The van der Waals surface area contributed by atoms with E-state index in [9.17, 15) is 0 Å². The molecule has 1 fully saturated rings. The number of anilines is 1. The van der Waals surface area contributed by atoms with Crippen molar-refractivity contribution in [2.24, 2.45) is 0 Å². The summed E-state index contributed by atoms with van der Waals surface area (Å²) in [7, 11) is 2.15. The molecule has 1 saturated carbocycles. The van der Waals surface area contributed by atoms with Gasteiger partial charge in [-0.15, -0.1) is 0 Å². The van der Waals surface area contributed by atoms with Crippen molar-refractivity contribution >= 4 is 5.69 Å². The Morgan fingerprint density at radius 1 is 1.05 bits per heavy atom. The predicted octanol–water partition coefficient (Wildman–Crippen LogP) is 3.88. The Morgan fingerprint density at radius 2 is 1.76 bits per heavy atom. The van der Waals surface area contributed by atoms with E-state index in [-0.39, 0.29) is 0 Å². The number of rotatable bonds is 6. The summed E-state index contributed by atoms with van der Waals surface area (Å²) in [5.74, 6) is 0. The van der Waals surface area contributed by atoms with Gasteiger partial charge in [-0.05, 0) is 43.0 Å². The maximum absolute atomic E-state index is 3.58. The monoisotopic (exact) mass is 280 g/mol. The summed E-state index contributed by atoms with van der Waals surface area (Å²) in [6.45, 7) is 4.06. The van der Waals surface area contributed by atoms with E-state index in [0.717, 1.165) is 19.1 Å². The van der Waals surface area contributed by atoms with Gasteiger partial charge in [0, 0.05) is 31.9 Å². The minimum Gasteiger partial charge on any atom is -0.370 e. The molecule has 2 aromatic carbocycles. The van der Waals surface area contributed by atoms with Crippen molar-refractivity contribution in [2.45, 2.75) is 38.9 Å². The number of benzene rings is 2. The minimum atomic E-state index is 0.767. The molecule has 2 aromatic rings. The number of aryl methyl sites for hydroxylation is 1. The van der Waals surface area contributed by atoms with Gasteiger partial charge in [0.25, 0.3) is 0 Å². The maximum atomic E-state index is 3.58. The Bertz CT molecular complexity index is 585. The molecule has 21 heavy (non-hydrogen) atoms. The predicted molar refractivity (Wildman–Crippen MR) is 89.6 cm³/mol. The zero-order valence-corrected chi connectivity index (χ0v) is 13.0. The number of hydrogen-bond donors (Lipinski definition) is 1. The molecule has 0 spiro atoms. The summed E-state index contributed by atoms with van der Waals surface area (Å²) in [6, 6.07) is 18.4.